The van der Waals surface area contributed by atoms with Crippen molar-refractivity contribution in [3.63, 3.8) is 0 Å². The molecular formula is C16H23ClN2. The molecule has 0 unspecified atom stereocenters. The van der Waals surface area contributed by atoms with Crippen LogP contribution in [-0.4, -0.2) is 9.97 Å². The predicted molar refractivity (Wildman–Crippen MR) is 80.3 cm³/mol. The molecule has 1 aliphatic rings. The Hall–Kier alpha value is -0.890. The van der Waals surface area contributed by atoms with Gasteiger partial charge in [0.1, 0.15) is 5.82 Å². The molecule has 19 heavy (non-hydrogen) atoms. The first-order valence-corrected chi connectivity index (χ1v) is 7.84. The normalized spacial score (nSPS) is 23.9. The Balaban J connectivity index is 1.89. The Morgan fingerprint density at radius 2 is 1.89 bits per heavy atom. The highest BCUT2D eigenvalue weighted by molar-refractivity contribution is 6.25. The summed E-state index contributed by atoms with van der Waals surface area (Å²) in [6, 6.07) is 0. The molecular weight excluding hydrogens is 256 g/mol. The monoisotopic (exact) mass is 278 g/mol. The fraction of sp³-hybridized carbons (Fsp3) is 0.625. The standard InChI is InChI=1S/C16H23ClN2/c1-2-3-4-14-11-18-16(19-12-14)15-7-5-13(6-8-15)9-10-17/h9-13,15H,2-8H2,1H3. The first-order chi connectivity index (χ1) is 9.33. The second kappa shape index (κ2) is 7.64. The summed E-state index contributed by atoms with van der Waals surface area (Å²) in [5.74, 6) is 2.23. The lowest BCUT2D eigenvalue weighted by Gasteiger charge is -2.25. The lowest BCUT2D eigenvalue weighted by Crippen LogP contribution is -2.14. The van der Waals surface area contributed by atoms with Crippen LogP contribution in [-0.2, 0) is 6.42 Å². The molecule has 0 amide bonds. The van der Waals surface area contributed by atoms with Gasteiger partial charge >= 0.3 is 0 Å². The summed E-state index contributed by atoms with van der Waals surface area (Å²) in [5.41, 5.74) is 2.92. The molecule has 2 rings (SSSR count). The van der Waals surface area contributed by atoms with E-state index in [2.05, 4.69) is 23.0 Å². The molecule has 2 nitrogen and oxygen atoms in total. The SMILES string of the molecule is CCCCc1cnc(C2CCC(C=CCl)CC2)nc1. The molecule has 0 saturated heterocycles. The zero-order valence-electron chi connectivity index (χ0n) is 11.7. The summed E-state index contributed by atoms with van der Waals surface area (Å²) in [7, 11) is 0. The largest absolute Gasteiger partial charge is 0.241 e. The van der Waals surface area contributed by atoms with E-state index in [1.54, 1.807) is 5.54 Å². The quantitative estimate of drug-likeness (QED) is 0.770. The number of unbranched alkanes of at least 4 members (excludes halogenated alkanes) is 1. The summed E-state index contributed by atoms with van der Waals surface area (Å²) < 4.78 is 0. The Morgan fingerprint density at radius 3 is 2.47 bits per heavy atom. The van der Waals surface area contributed by atoms with Gasteiger partial charge < -0.3 is 0 Å². The van der Waals surface area contributed by atoms with Crippen LogP contribution >= 0.6 is 11.6 Å². The van der Waals surface area contributed by atoms with Gasteiger partial charge in [0.2, 0.25) is 0 Å². The van der Waals surface area contributed by atoms with Gasteiger partial charge in [-0.25, -0.2) is 9.97 Å². The van der Waals surface area contributed by atoms with E-state index in [1.165, 1.54) is 44.1 Å². The van der Waals surface area contributed by atoms with Crippen LogP contribution in [0.5, 0.6) is 0 Å². The Bertz CT molecular complexity index is 392. The fourth-order valence-corrected chi connectivity index (χ4v) is 2.96. The molecule has 1 aromatic heterocycles. The topological polar surface area (TPSA) is 25.8 Å². The summed E-state index contributed by atoms with van der Waals surface area (Å²) in [4.78, 5) is 9.14. The number of nitrogens with zero attached hydrogens (tertiary/aromatic N) is 2. The van der Waals surface area contributed by atoms with Gasteiger partial charge in [-0.2, -0.15) is 0 Å². The molecule has 0 N–H and O–H groups in total. The van der Waals surface area contributed by atoms with Crippen molar-refractivity contribution >= 4 is 11.6 Å². The van der Waals surface area contributed by atoms with Crippen LogP contribution in [0, 0.1) is 5.92 Å². The van der Waals surface area contributed by atoms with Crippen molar-refractivity contribution in [1.29, 1.82) is 0 Å². The van der Waals surface area contributed by atoms with Gasteiger partial charge in [0, 0.05) is 23.8 Å². The van der Waals surface area contributed by atoms with E-state index in [0.717, 1.165) is 12.2 Å². The second-order valence-electron chi connectivity index (χ2n) is 5.48. The van der Waals surface area contributed by atoms with Crippen LogP contribution in [0.1, 0.15) is 62.8 Å². The highest BCUT2D eigenvalue weighted by atomic mass is 35.5. The summed E-state index contributed by atoms with van der Waals surface area (Å²) in [6.45, 7) is 2.21. The van der Waals surface area contributed by atoms with Crippen LogP contribution in [0.3, 0.4) is 0 Å². The van der Waals surface area contributed by atoms with E-state index in [4.69, 9.17) is 11.6 Å². The smallest absolute Gasteiger partial charge is 0.131 e. The molecule has 0 radical (unpaired) electrons. The van der Waals surface area contributed by atoms with E-state index in [1.807, 2.05) is 12.4 Å². The highest BCUT2D eigenvalue weighted by Gasteiger charge is 2.22. The Labute approximate surface area is 121 Å². The molecule has 0 atom stereocenters. The van der Waals surface area contributed by atoms with Crippen LogP contribution in [0.15, 0.2) is 24.0 Å². The number of hydrogen-bond donors (Lipinski definition) is 0. The summed E-state index contributed by atoms with van der Waals surface area (Å²) >= 11 is 5.64. The number of rotatable bonds is 5. The number of halogens is 1. The molecule has 3 heteroatoms. The van der Waals surface area contributed by atoms with Gasteiger partial charge in [0.05, 0.1) is 0 Å². The molecule has 1 aromatic rings. The number of allylic oxidation sites excluding steroid dienone is 1. The van der Waals surface area contributed by atoms with E-state index in [9.17, 15) is 0 Å². The van der Waals surface area contributed by atoms with Crippen molar-refractivity contribution in [2.24, 2.45) is 5.92 Å². The first-order valence-electron chi connectivity index (χ1n) is 7.41. The van der Waals surface area contributed by atoms with E-state index in [0.29, 0.717) is 11.8 Å². The summed E-state index contributed by atoms with van der Waals surface area (Å²) in [5, 5.41) is 0. The van der Waals surface area contributed by atoms with Crippen molar-refractivity contribution in [2.75, 3.05) is 0 Å². The Morgan fingerprint density at radius 1 is 1.21 bits per heavy atom. The van der Waals surface area contributed by atoms with Gasteiger partial charge in [-0.05, 0) is 50.0 Å². The van der Waals surface area contributed by atoms with Gasteiger partial charge in [0.25, 0.3) is 0 Å². The van der Waals surface area contributed by atoms with E-state index < -0.39 is 0 Å². The highest BCUT2D eigenvalue weighted by Crippen LogP contribution is 2.34. The summed E-state index contributed by atoms with van der Waals surface area (Å²) in [6.07, 6.45) is 14.5. The third kappa shape index (κ3) is 4.31. The van der Waals surface area contributed by atoms with Gasteiger partial charge in [-0.1, -0.05) is 31.0 Å². The zero-order valence-corrected chi connectivity index (χ0v) is 12.4. The number of hydrogen-bond acceptors (Lipinski definition) is 2. The number of aromatic nitrogens is 2. The van der Waals surface area contributed by atoms with Crippen molar-refractivity contribution in [3.8, 4) is 0 Å². The lowest BCUT2D eigenvalue weighted by atomic mass is 9.81. The number of aryl methyl sites for hydroxylation is 1. The fourth-order valence-electron chi connectivity index (χ4n) is 2.76. The van der Waals surface area contributed by atoms with E-state index >= 15 is 0 Å². The molecule has 1 heterocycles. The molecule has 1 aliphatic carbocycles. The molecule has 1 saturated carbocycles. The van der Waals surface area contributed by atoms with Crippen molar-refractivity contribution in [3.05, 3.63) is 35.4 Å². The molecule has 0 aromatic carbocycles. The minimum atomic E-state index is 0.542. The minimum Gasteiger partial charge on any atom is -0.241 e. The average Bonchev–Trinajstić information content (AvgIpc) is 2.47. The third-order valence-electron chi connectivity index (χ3n) is 4.03. The maximum absolute atomic E-state index is 5.64. The second-order valence-corrected chi connectivity index (χ2v) is 5.74. The zero-order chi connectivity index (χ0) is 13.5. The van der Waals surface area contributed by atoms with Crippen LogP contribution < -0.4 is 0 Å². The van der Waals surface area contributed by atoms with Gasteiger partial charge in [-0.15, -0.1) is 0 Å². The van der Waals surface area contributed by atoms with Crippen molar-refractivity contribution in [1.82, 2.24) is 9.97 Å². The maximum Gasteiger partial charge on any atom is 0.131 e. The first kappa shape index (κ1) is 14.5. The molecule has 0 spiro atoms. The van der Waals surface area contributed by atoms with Gasteiger partial charge in [-0.3, -0.25) is 0 Å². The molecule has 0 bridgehead atoms. The van der Waals surface area contributed by atoms with E-state index in [-0.39, 0.29) is 0 Å². The van der Waals surface area contributed by atoms with Crippen molar-refractivity contribution in [2.45, 2.75) is 57.8 Å². The Kier molecular flexibility index (Phi) is 5.84. The van der Waals surface area contributed by atoms with Crippen LogP contribution in [0.2, 0.25) is 0 Å². The van der Waals surface area contributed by atoms with Crippen molar-refractivity contribution < 1.29 is 0 Å². The molecule has 104 valence electrons. The van der Waals surface area contributed by atoms with Gasteiger partial charge in [0.15, 0.2) is 0 Å². The third-order valence-corrected chi connectivity index (χ3v) is 4.17. The maximum atomic E-state index is 5.64. The minimum absolute atomic E-state index is 0.542. The molecule has 0 aliphatic heterocycles. The molecule has 1 fully saturated rings. The van der Waals surface area contributed by atoms with Crippen LogP contribution in [0.25, 0.3) is 0 Å². The average molecular weight is 279 g/mol. The predicted octanol–water partition coefficient (Wildman–Crippen LogP) is 4.85. The lowest BCUT2D eigenvalue weighted by molar-refractivity contribution is 0.366. The van der Waals surface area contributed by atoms with Crippen LogP contribution in [0.4, 0.5) is 0 Å².